The number of hydrogen-bond donors (Lipinski definition) is 0. The molecule has 0 bridgehead atoms. The number of aromatic nitrogens is 2. The third kappa shape index (κ3) is 3.11. The van der Waals surface area contributed by atoms with Gasteiger partial charge in [-0.05, 0) is 18.6 Å². The first kappa shape index (κ1) is 18.0. The minimum absolute atomic E-state index is 0.00732. The Kier molecular flexibility index (Phi) is 4.24. The maximum absolute atomic E-state index is 13.3. The highest BCUT2D eigenvalue weighted by molar-refractivity contribution is 5.90. The Morgan fingerprint density at radius 2 is 1.93 bits per heavy atom. The summed E-state index contributed by atoms with van der Waals surface area (Å²) in [6.45, 7) is 5.55. The zero-order valence-corrected chi connectivity index (χ0v) is 15.2. The van der Waals surface area contributed by atoms with E-state index in [1.807, 2.05) is 23.6 Å². The zero-order valence-electron chi connectivity index (χ0n) is 15.2. The van der Waals surface area contributed by atoms with Crippen molar-refractivity contribution in [1.82, 2.24) is 14.9 Å². The first-order valence-corrected chi connectivity index (χ1v) is 9.15. The van der Waals surface area contributed by atoms with Gasteiger partial charge in [0.25, 0.3) is 0 Å². The highest BCUT2D eigenvalue weighted by Crippen LogP contribution is 2.39. The van der Waals surface area contributed by atoms with Gasteiger partial charge in [-0.15, -0.1) is 0 Å². The van der Waals surface area contributed by atoms with Crippen molar-refractivity contribution in [1.29, 1.82) is 0 Å². The van der Waals surface area contributed by atoms with Gasteiger partial charge in [0.1, 0.15) is 5.82 Å². The largest absolute Gasteiger partial charge is 0.451 e. The van der Waals surface area contributed by atoms with Crippen molar-refractivity contribution >= 4 is 22.6 Å². The average molecular weight is 378 g/mol. The smallest absolute Gasteiger partial charge is 0.351 e. The van der Waals surface area contributed by atoms with E-state index < -0.39 is 12.0 Å². The van der Waals surface area contributed by atoms with Crippen LogP contribution in [0.25, 0.3) is 10.9 Å². The fourth-order valence-corrected chi connectivity index (χ4v) is 4.18. The SMILES string of the molecule is CC(C)C(=O)N1CC2CCN(c3nc(C(F)(F)F)nc4ccccc34)C2C1. The summed E-state index contributed by atoms with van der Waals surface area (Å²) in [5, 5.41) is 0.611. The highest BCUT2D eigenvalue weighted by Gasteiger charge is 2.45. The lowest BCUT2D eigenvalue weighted by atomic mass is 10.1. The molecule has 2 aromatic rings. The number of benzene rings is 1. The van der Waals surface area contributed by atoms with Crippen molar-refractivity contribution in [2.45, 2.75) is 32.5 Å². The Morgan fingerprint density at radius 1 is 1.19 bits per heavy atom. The van der Waals surface area contributed by atoms with Crippen LogP contribution in [0, 0.1) is 11.8 Å². The van der Waals surface area contributed by atoms with Gasteiger partial charge in [0.15, 0.2) is 0 Å². The van der Waals surface area contributed by atoms with Crippen molar-refractivity contribution in [3.05, 3.63) is 30.1 Å². The van der Waals surface area contributed by atoms with E-state index in [1.165, 1.54) is 0 Å². The fraction of sp³-hybridized carbons (Fsp3) is 0.526. The van der Waals surface area contributed by atoms with Gasteiger partial charge in [-0.1, -0.05) is 26.0 Å². The van der Waals surface area contributed by atoms with Crippen molar-refractivity contribution in [3.8, 4) is 0 Å². The van der Waals surface area contributed by atoms with Gasteiger partial charge in [0.05, 0.1) is 11.6 Å². The number of carbonyl (C=O) groups is 1. The lowest BCUT2D eigenvalue weighted by Gasteiger charge is -2.28. The molecule has 2 fully saturated rings. The number of para-hydroxylation sites is 1. The van der Waals surface area contributed by atoms with Crippen LogP contribution >= 0.6 is 0 Å². The zero-order chi connectivity index (χ0) is 19.3. The average Bonchev–Trinajstić information content (AvgIpc) is 3.19. The number of fused-ring (bicyclic) bond motifs is 2. The van der Waals surface area contributed by atoms with E-state index in [-0.39, 0.29) is 29.3 Å². The van der Waals surface area contributed by atoms with Gasteiger partial charge >= 0.3 is 6.18 Å². The lowest BCUT2D eigenvalue weighted by molar-refractivity contribution is -0.144. The Bertz CT molecular complexity index is 883. The molecule has 2 aliphatic rings. The normalized spacial score (nSPS) is 22.7. The van der Waals surface area contributed by atoms with E-state index in [0.29, 0.717) is 30.8 Å². The van der Waals surface area contributed by atoms with E-state index in [2.05, 4.69) is 9.97 Å². The van der Waals surface area contributed by atoms with E-state index in [4.69, 9.17) is 0 Å². The maximum atomic E-state index is 13.3. The van der Waals surface area contributed by atoms with Crippen LogP contribution in [0.4, 0.5) is 19.0 Å². The number of hydrogen-bond acceptors (Lipinski definition) is 4. The summed E-state index contributed by atoms with van der Waals surface area (Å²) in [7, 11) is 0. The Morgan fingerprint density at radius 3 is 2.63 bits per heavy atom. The number of alkyl halides is 3. The van der Waals surface area contributed by atoms with E-state index in [9.17, 15) is 18.0 Å². The summed E-state index contributed by atoms with van der Waals surface area (Å²) >= 11 is 0. The summed E-state index contributed by atoms with van der Waals surface area (Å²) in [6, 6.07) is 6.77. The van der Waals surface area contributed by atoms with Gasteiger partial charge in [0.2, 0.25) is 11.7 Å². The lowest BCUT2D eigenvalue weighted by Crippen LogP contribution is -2.39. The van der Waals surface area contributed by atoms with Crippen LogP contribution in [-0.2, 0) is 11.0 Å². The van der Waals surface area contributed by atoms with Gasteiger partial charge < -0.3 is 9.80 Å². The molecular weight excluding hydrogens is 357 g/mol. The summed E-state index contributed by atoms with van der Waals surface area (Å²) in [6.07, 6.45) is -3.76. The van der Waals surface area contributed by atoms with Gasteiger partial charge in [-0.25, -0.2) is 9.97 Å². The summed E-state index contributed by atoms with van der Waals surface area (Å²) < 4.78 is 39.9. The van der Waals surface area contributed by atoms with E-state index >= 15 is 0 Å². The molecule has 2 aliphatic heterocycles. The standard InChI is InChI=1S/C19H21F3N4O/c1-11(2)17(27)25-9-12-7-8-26(15(12)10-25)16-13-5-3-4-6-14(13)23-18(24-16)19(20,21)22/h3-6,11-12,15H,7-10H2,1-2H3. The third-order valence-electron chi connectivity index (χ3n) is 5.46. The molecule has 144 valence electrons. The van der Waals surface area contributed by atoms with Crippen molar-refractivity contribution in [3.63, 3.8) is 0 Å². The Hall–Kier alpha value is -2.38. The second-order valence-electron chi connectivity index (χ2n) is 7.59. The van der Waals surface area contributed by atoms with Crippen LogP contribution in [0.5, 0.6) is 0 Å². The van der Waals surface area contributed by atoms with Crippen LogP contribution < -0.4 is 4.90 Å². The molecule has 1 aromatic heterocycles. The number of anilines is 1. The highest BCUT2D eigenvalue weighted by atomic mass is 19.4. The second kappa shape index (κ2) is 6.35. The van der Waals surface area contributed by atoms with Gasteiger partial charge in [0, 0.05) is 36.9 Å². The number of likely N-dealkylation sites (tertiary alicyclic amines) is 1. The number of rotatable bonds is 2. The molecule has 3 heterocycles. The van der Waals surface area contributed by atoms with Crippen molar-refractivity contribution in [2.75, 3.05) is 24.5 Å². The minimum Gasteiger partial charge on any atom is -0.351 e. The van der Waals surface area contributed by atoms with E-state index in [1.54, 1.807) is 24.3 Å². The van der Waals surface area contributed by atoms with Crippen LogP contribution in [0.2, 0.25) is 0 Å². The Labute approximate surface area is 155 Å². The molecular formula is C19H21F3N4O. The first-order chi connectivity index (χ1) is 12.8. The predicted molar refractivity (Wildman–Crippen MR) is 95.2 cm³/mol. The third-order valence-corrected chi connectivity index (χ3v) is 5.46. The van der Waals surface area contributed by atoms with Gasteiger partial charge in [-0.2, -0.15) is 13.2 Å². The molecule has 2 unspecified atom stereocenters. The molecule has 2 saturated heterocycles. The fourth-order valence-electron chi connectivity index (χ4n) is 4.18. The van der Waals surface area contributed by atoms with Crippen molar-refractivity contribution < 1.29 is 18.0 Å². The molecule has 0 N–H and O–H groups in total. The van der Waals surface area contributed by atoms with Crippen LogP contribution in [0.3, 0.4) is 0 Å². The monoisotopic (exact) mass is 378 g/mol. The molecule has 1 aromatic carbocycles. The molecule has 0 aliphatic carbocycles. The molecule has 1 amide bonds. The topological polar surface area (TPSA) is 49.3 Å². The summed E-state index contributed by atoms with van der Waals surface area (Å²) in [5.74, 6) is -0.537. The summed E-state index contributed by atoms with van der Waals surface area (Å²) in [5.41, 5.74) is 0.284. The second-order valence-corrected chi connectivity index (χ2v) is 7.59. The number of carbonyl (C=O) groups excluding carboxylic acids is 1. The molecule has 5 nitrogen and oxygen atoms in total. The maximum Gasteiger partial charge on any atom is 0.451 e. The molecule has 2 atom stereocenters. The number of amides is 1. The Balaban J connectivity index is 1.73. The van der Waals surface area contributed by atoms with E-state index in [0.717, 1.165) is 6.42 Å². The van der Waals surface area contributed by atoms with Crippen LogP contribution in [0.15, 0.2) is 24.3 Å². The molecule has 8 heteroatoms. The summed E-state index contributed by atoms with van der Waals surface area (Å²) in [4.78, 5) is 23.7. The van der Waals surface area contributed by atoms with Crippen LogP contribution in [-0.4, -0.2) is 46.5 Å². The molecule has 0 spiro atoms. The molecule has 0 saturated carbocycles. The first-order valence-electron chi connectivity index (χ1n) is 9.15. The quantitative estimate of drug-likeness (QED) is 0.804. The minimum atomic E-state index is -4.60. The molecule has 27 heavy (non-hydrogen) atoms. The van der Waals surface area contributed by atoms with Crippen molar-refractivity contribution in [2.24, 2.45) is 11.8 Å². The van der Waals surface area contributed by atoms with Crippen LogP contribution in [0.1, 0.15) is 26.1 Å². The molecule has 4 rings (SSSR count). The number of nitrogens with zero attached hydrogens (tertiary/aromatic N) is 4. The predicted octanol–water partition coefficient (Wildman–Crippen LogP) is 3.34. The van der Waals surface area contributed by atoms with Gasteiger partial charge in [-0.3, -0.25) is 4.79 Å². The number of halogens is 3. The molecule has 0 radical (unpaired) electrons.